The van der Waals surface area contributed by atoms with Gasteiger partial charge in [0, 0.05) is 30.2 Å². The monoisotopic (exact) mass is 313 g/mol. The lowest BCUT2D eigenvalue weighted by molar-refractivity contribution is 0.206. The Labute approximate surface area is 119 Å². The molecule has 1 atom stereocenters. The van der Waals surface area contributed by atoms with Gasteiger partial charge >= 0.3 is 0 Å². The molecule has 4 heteroatoms. The molecule has 1 saturated carbocycles. The van der Waals surface area contributed by atoms with E-state index in [0.29, 0.717) is 6.04 Å². The largest absolute Gasteiger partial charge is 0.300 e. The number of halogens is 1. The van der Waals surface area contributed by atoms with E-state index in [9.17, 15) is 0 Å². The first-order valence-corrected chi connectivity index (χ1v) is 7.86. The summed E-state index contributed by atoms with van der Waals surface area (Å²) in [6.07, 6.45) is 5.89. The van der Waals surface area contributed by atoms with Crippen molar-refractivity contribution in [2.24, 2.45) is 5.92 Å². The third-order valence-electron chi connectivity index (χ3n) is 3.89. The van der Waals surface area contributed by atoms with Crippen molar-refractivity contribution >= 4 is 15.9 Å². The molecule has 0 amide bonds. The molecule has 0 saturated heterocycles. The summed E-state index contributed by atoms with van der Waals surface area (Å²) in [5.41, 5.74) is 1.19. The number of hydrogen-bond acceptors (Lipinski definition) is 2. The van der Waals surface area contributed by atoms with Gasteiger partial charge in [-0.3, -0.25) is 4.68 Å². The standard InChI is InChI=1S/C14H24BrN3/c1-4-11(2)18-6-5-14(16-18)10-17(3)9-12-7-13(15)8-12/h5-6,11-13H,4,7-10H2,1-3H3. The predicted octanol–water partition coefficient (Wildman–Crippen LogP) is 3.46. The average Bonchev–Trinajstić information content (AvgIpc) is 2.74. The molecule has 1 unspecified atom stereocenters. The first-order chi connectivity index (χ1) is 8.58. The van der Waals surface area contributed by atoms with Crippen LogP contribution in [0.3, 0.4) is 0 Å². The zero-order valence-electron chi connectivity index (χ0n) is 11.6. The Morgan fingerprint density at radius 2 is 2.28 bits per heavy atom. The number of alkyl halides is 1. The zero-order valence-corrected chi connectivity index (χ0v) is 13.2. The second-order valence-corrected chi connectivity index (χ2v) is 6.97. The van der Waals surface area contributed by atoms with Crippen LogP contribution in [0.1, 0.15) is 44.8 Å². The van der Waals surface area contributed by atoms with Gasteiger partial charge in [-0.2, -0.15) is 5.10 Å². The van der Waals surface area contributed by atoms with E-state index < -0.39 is 0 Å². The second kappa shape index (κ2) is 6.20. The van der Waals surface area contributed by atoms with Gasteiger partial charge in [0.15, 0.2) is 0 Å². The van der Waals surface area contributed by atoms with E-state index in [2.05, 4.69) is 63.8 Å². The fraction of sp³-hybridized carbons (Fsp3) is 0.786. The minimum Gasteiger partial charge on any atom is -0.300 e. The number of aromatic nitrogens is 2. The van der Waals surface area contributed by atoms with Crippen LogP contribution in [0.4, 0.5) is 0 Å². The summed E-state index contributed by atoms with van der Waals surface area (Å²) in [7, 11) is 2.20. The maximum absolute atomic E-state index is 4.65. The Balaban J connectivity index is 1.79. The van der Waals surface area contributed by atoms with Crippen LogP contribution in [0.5, 0.6) is 0 Å². The second-order valence-electron chi connectivity index (χ2n) is 5.68. The zero-order chi connectivity index (χ0) is 13.1. The van der Waals surface area contributed by atoms with E-state index in [1.54, 1.807) is 0 Å². The van der Waals surface area contributed by atoms with Gasteiger partial charge in [-0.25, -0.2) is 0 Å². The summed E-state index contributed by atoms with van der Waals surface area (Å²) >= 11 is 3.65. The lowest BCUT2D eigenvalue weighted by Crippen LogP contribution is -2.34. The molecule has 3 nitrogen and oxygen atoms in total. The van der Waals surface area contributed by atoms with Gasteiger partial charge in [-0.1, -0.05) is 22.9 Å². The molecule has 1 aliphatic rings. The summed E-state index contributed by atoms with van der Waals surface area (Å²) in [6, 6.07) is 2.65. The smallest absolute Gasteiger partial charge is 0.0764 e. The Morgan fingerprint density at radius 1 is 1.56 bits per heavy atom. The van der Waals surface area contributed by atoms with E-state index in [-0.39, 0.29) is 0 Å². The van der Waals surface area contributed by atoms with Crippen LogP contribution in [0.25, 0.3) is 0 Å². The first-order valence-electron chi connectivity index (χ1n) is 6.95. The minimum atomic E-state index is 0.504. The van der Waals surface area contributed by atoms with Gasteiger partial charge in [0.1, 0.15) is 0 Å². The normalized spacial score (nSPS) is 25.2. The van der Waals surface area contributed by atoms with Gasteiger partial charge in [0.2, 0.25) is 0 Å². The van der Waals surface area contributed by atoms with Crippen LogP contribution in [-0.2, 0) is 6.54 Å². The fourth-order valence-corrected chi connectivity index (χ4v) is 3.54. The SMILES string of the molecule is CCC(C)n1ccc(CN(C)CC2CC(Br)C2)n1. The van der Waals surface area contributed by atoms with Gasteiger partial charge in [0.05, 0.1) is 5.69 Å². The number of rotatable bonds is 6. The quantitative estimate of drug-likeness (QED) is 0.750. The maximum atomic E-state index is 4.65. The lowest BCUT2D eigenvalue weighted by Gasteiger charge is -2.34. The van der Waals surface area contributed by atoms with Crippen LogP contribution in [0.15, 0.2) is 12.3 Å². The number of hydrogen-bond donors (Lipinski definition) is 0. The predicted molar refractivity (Wildman–Crippen MR) is 79.0 cm³/mol. The molecule has 2 rings (SSSR count). The van der Waals surface area contributed by atoms with E-state index in [1.165, 1.54) is 25.1 Å². The molecule has 102 valence electrons. The Kier molecular flexibility index (Phi) is 4.84. The Morgan fingerprint density at radius 3 is 2.89 bits per heavy atom. The molecule has 0 N–H and O–H groups in total. The molecule has 0 bridgehead atoms. The molecule has 1 aromatic rings. The van der Waals surface area contributed by atoms with E-state index in [4.69, 9.17) is 0 Å². The molecule has 1 aromatic heterocycles. The van der Waals surface area contributed by atoms with Crippen molar-refractivity contribution in [2.75, 3.05) is 13.6 Å². The number of nitrogens with zero attached hydrogens (tertiary/aromatic N) is 3. The molecule has 1 aliphatic carbocycles. The highest BCUT2D eigenvalue weighted by Crippen LogP contribution is 2.33. The van der Waals surface area contributed by atoms with Crippen molar-refractivity contribution < 1.29 is 0 Å². The summed E-state index contributed by atoms with van der Waals surface area (Å²) in [5.74, 6) is 0.871. The van der Waals surface area contributed by atoms with Crippen molar-refractivity contribution in [1.29, 1.82) is 0 Å². The van der Waals surface area contributed by atoms with E-state index in [1.807, 2.05) is 0 Å². The highest BCUT2D eigenvalue weighted by molar-refractivity contribution is 9.09. The molecular weight excluding hydrogens is 290 g/mol. The highest BCUT2D eigenvalue weighted by Gasteiger charge is 2.27. The molecule has 0 spiro atoms. The van der Waals surface area contributed by atoms with Gasteiger partial charge < -0.3 is 4.90 Å². The van der Waals surface area contributed by atoms with Gasteiger partial charge in [-0.15, -0.1) is 0 Å². The Hall–Kier alpha value is -0.350. The fourth-order valence-electron chi connectivity index (χ4n) is 2.48. The maximum Gasteiger partial charge on any atom is 0.0764 e. The van der Waals surface area contributed by atoms with Crippen LogP contribution in [0, 0.1) is 5.92 Å². The molecular formula is C14H24BrN3. The molecule has 0 aromatic carbocycles. The summed E-state index contributed by atoms with van der Waals surface area (Å²) < 4.78 is 2.08. The van der Waals surface area contributed by atoms with Crippen LogP contribution in [0.2, 0.25) is 0 Å². The molecule has 0 radical (unpaired) electrons. The third-order valence-corrected chi connectivity index (χ3v) is 4.63. The highest BCUT2D eigenvalue weighted by atomic mass is 79.9. The van der Waals surface area contributed by atoms with Crippen LogP contribution >= 0.6 is 15.9 Å². The third kappa shape index (κ3) is 3.58. The van der Waals surface area contributed by atoms with E-state index in [0.717, 1.165) is 23.7 Å². The molecule has 18 heavy (non-hydrogen) atoms. The van der Waals surface area contributed by atoms with Crippen molar-refractivity contribution in [3.63, 3.8) is 0 Å². The van der Waals surface area contributed by atoms with Crippen molar-refractivity contribution in [3.05, 3.63) is 18.0 Å². The molecule has 1 fully saturated rings. The van der Waals surface area contributed by atoms with Crippen molar-refractivity contribution in [1.82, 2.24) is 14.7 Å². The molecule has 1 heterocycles. The summed E-state index contributed by atoms with van der Waals surface area (Å²) in [4.78, 5) is 3.16. The van der Waals surface area contributed by atoms with Crippen molar-refractivity contribution in [2.45, 2.75) is 50.5 Å². The van der Waals surface area contributed by atoms with Crippen LogP contribution < -0.4 is 0 Å². The van der Waals surface area contributed by atoms with Gasteiger partial charge in [0.25, 0.3) is 0 Å². The topological polar surface area (TPSA) is 21.1 Å². The van der Waals surface area contributed by atoms with E-state index >= 15 is 0 Å². The summed E-state index contributed by atoms with van der Waals surface area (Å²) in [5, 5.41) is 4.65. The van der Waals surface area contributed by atoms with Crippen LogP contribution in [-0.4, -0.2) is 33.1 Å². The molecule has 0 aliphatic heterocycles. The minimum absolute atomic E-state index is 0.504. The van der Waals surface area contributed by atoms with Gasteiger partial charge in [-0.05, 0) is 45.2 Å². The first kappa shape index (κ1) is 14.1. The lowest BCUT2D eigenvalue weighted by atomic mass is 9.85. The summed E-state index contributed by atoms with van der Waals surface area (Å²) in [6.45, 7) is 6.57. The van der Waals surface area contributed by atoms with Crippen molar-refractivity contribution in [3.8, 4) is 0 Å². The average molecular weight is 314 g/mol. The Bertz CT molecular complexity index is 371.